The van der Waals surface area contributed by atoms with Crippen molar-refractivity contribution in [1.82, 2.24) is 0 Å². The van der Waals surface area contributed by atoms with E-state index in [4.69, 9.17) is 92.8 Å². The van der Waals surface area contributed by atoms with Crippen LogP contribution < -0.4 is 0 Å². The molecule has 0 unspecified atom stereocenters. The van der Waals surface area contributed by atoms with Crippen LogP contribution in [0.5, 0.6) is 0 Å². The van der Waals surface area contributed by atoms with Crippen molar-refractivity contribution < 1.29 is 0 Å². The summed E-state index contributed by atoms with van der Waals surface area (Å²) in [7, 11) is 0. The minimum absolute atomic E-state index is 0.194. The molecule has 0 atom stereocenters. The maximum Gasteiger partial charge on any atom is 0.0454 e. The lowest BCUT2D eigenvalue weighted by molar-refractivity contribution is 0.921. The maximum absolute atomic E-state index is 6.31. The highest BCUT2D eigenvalue weighted by molar-refractivity contribution is 14.1. The zero-order valence-corrected chi connectivity index (χ0v) is 68.4. The molecule has 0 nitrogen and oxygen atoms in total. The summed E-state index contributed by atoms with van der Waals surface area (Å²) >= 11 is 73.3. The highest BCUT2D eigenvalue weighted by Gasteiger charge is 2.18. The van der Waals surface area contributed by atoms with Crippen LogP contribution in [0.3, 0.4) is 0 Å². The highest BCUT2D eigenvalue weighted by Crippen LogP contribution is 2.38. The lowest BCUT2D eigenvalue weighted by Gasteiger charge is -2.16. The van der Waals surface area contributed by atoms with Gasteiger partial charge in [0.2, 0.25) is 0 Å². The normalized spacial score (nSPS) is 10.8. The Morgan fingerprint density at radius 2 is 0.563 bits per heavy atom. The monoisotopic (exact) mass is 2010 g/mol. The first kappa shape index (κ1) is 75.4. The van der Waals surface area contributed by atoms with Gasteiger partial charge in [-0.2, -0.15) is 0 Å². The summed E-state index contributed by atoms with van der Waals surface area (Å²) < 4.78 is 9.34. The van der Waals surface area contributed by atoms with E-state index in [-0.39, 0.29) is 11.8 Å². The van der Waals surface area contributed by atoms with E-state index in [0.29, 0.717) is 38.9 Å². The first-order valence-electron chi connectivity index (χ1n) is 27.0. The average Bonchev–Trinajstić information content (AvgIpc) is 3.67. The molecule has 0 amide bonds. The van der Waals surface area contributed by atoms with E-state index in [1.54, 1.807) is 0 Å². The molecule has 0 aliphatic heterocycles. The number of hydrogen-bond donors (Lipinski definition) is 0. The van der Waals surface area contributed by atoms with Crippen molar-refractivity contribution >= 4 is 247 Å². The van der Waals surface area contributed by atoms with E-state index < -0.39 is 0 Å². The SMILES string of the molecule is Brc1cccc(Br)c1Cc1c(Br)cccc1Br.CC(c1ccc(I)cc1)c1ccc(I)cc1.CC(c1ccc(I)cc1Cl)c1ccc(I)cc1Cl.Cc1ccc(C(C)c2ccc(C)cc2Cl)c(Cl)c1.Clc1cccc(Cl)c1CCc1c(Cl)cccc1Cl. The summed E-state index contributed by atoms with van der Waals surface area (Å²) in [6, 6.07) is 65.3. The standard InChI is InChI=1S/C16H16Cl2.C14H10Cl4.C14H10Cl2I2.C14H12I2.C13H8Br4/c1-10-4-6-13(15(17)8-10)12(3)14-7-5-11(2)9-16(14)18;15-11-3-1-4-12(16)9(11)7-8-10-13(17)5-2-6-14(10)18;1-8(11-4-2-9(17)6-13(11)15)12-5-3-10(18)7-14(12)16;1-10(11-2-6-13(15)7-3-11)12-4-8-14(16)9-5-12;14-10-3-1-4-11(15)8(10)7-9-12(16)5-2-6-13(9)17/h4-9,12H,1-3H3;1-6H,7-8H2;2-8H,1H3;2-10H,1H3;1-6H,7H2. The molecular formula is C71H56Br4Cl8I4. The Bertz CT molecular complexity index is 3490. The van der Waals surface area contributed by atoms with Crippen molar-refractivity contribution in [2.24, 2.45) is 0 Å². The van der Waals surface area contributed by atoms with Crippen LogP contribution in [-0.4, -0.2) is 0 Å². The summed E-state index contributed by atoms with van der Waals surface area (Å²) in [6.45, 7) is 10.6. The number of rotatable bonds is 11. The molecule has 87 heavy (non-hydrogen) atoms. The summed E-state index contributed by atoms with van der Waals surface area (Å²) in [5, 5.41) is 5.89. The fourth-order valence-electron chi connectivity index (χ4n) is 9.07. The lowest BCUT2D eigenvalue weighted by Crippen LogP contribution is -1.98. The zero-order chi connectivity index (χ0) is 63.6. The maximum atomic E-state index is 6.31. The topological polar surface area (TPSA) is 0 Å². The van der Waals surface area contributed by atoms with Crippen molar-refractivity contribution in [2.45, 2.75) is 71.6 Å². The van der Waals surface area contributed by atoms with Gasteiger partial charge in [-0.3, -0.25) is 0 Å². The van der Waals surface area contributed by atoms with E-state index in [1.807, 2.05) is 86.6 Å². The Hall–Kier alpha value is -0.640. The number of aryl methyl sites for hydroxylation is 2. The molecule has 16 heteroatoms. The van der Waals surface area contributed by atoms with Gasteiger partial charge in [0.15, 0.2) is 0 Å². The average molecular weight is 2020 g/mol. The third-order valence-corrected chi connectivity index (χ3v) is 22.5. The zero-order valence-electron chi connectivity index (χ0n) is 47.4. The largest absolute Gasteiger partial charge is 0.0840 e. The first-order chi connectivity index (χ1) is 41.3. The molecule has 0 heterocycles. The Labute approximate surface area is 642 Å². The third kappa shape index (κ3) is 23.1. The molecule has 0 N–H and O–H groups in total. The molecule has 0 saturated carbocycles. The quantitative estimate of drug-likeness (QED) is 0.113. The fraction of sp³-hybridized carbons (Fsp3) is 0.155. The van der Waals surface area contributed by atoms with Crippen LogP contribution in [0, 0.1) is 28.1 Å². The second-order valence-corrected chi connectivity index (χ2v) is 31.8. The Kier molecular flexibility index (Phi) is 32.5. The Morgan fingerprint density at radius 1 is 0.299 bits per heavy atom. The van der Waals surface area contributed by atoms with Crippen LogP contribution in [0.1, 0.15) is 105 Å². The second kappa shape index (κ2) is 37.5. The smallest absolute Gasteiger partial charge is 0.0454 e. The van der Waals surface area contributed by atoms with Crippen molar-refractivity contribution in [3.05, 3.63) is 333 Å². The van der Waals surface area contributed by atoms with Gasteiger partial charge in [0.25, 0.3) is 0 Å². The van der Waals surface area contributed by atoms with Crippen molar-refractivity contribution in [1.29, 1.82) is 0 Å². The van der Waals surface area contributed by atoms with E-state index in [0.717, 1.165) is 84.9 Å². The molecule has 0 aliphatic rings. The van der Waals surface area contributed by atoms with Gasteiger partial charge in [-0.15, -0.1) is 0 Å². The molecule has 0 bridgehead atoms. The van der Waals surface area contributed by atoms with Crippen LogP contribution >= 0.6 is 247 Å². The molecule has 0 fully saturated rings. The molecule has 0 radical (unpaired) electrons. The molecule has 0 aromatic heterocycles. The van der Waals surface area contributed by atoms with Crippen molar-refractivity contribution in [2.75, 3.05) is 0 Å². The molecule has 10 aromatic rings. The number of halogens is 16. The fourth-order valence-corrected chi connectivity index (χ4v) is 16.4. The van der Waals surface area contributed by atoms with Crippen LogP contribution in [0.15, 0.2) is 212 Å². The van der Waals surface area contributed by atoms with Gasteiger partial charge < -0.3 is 0 Å². The predicted molar refractivity (Wildman–Crippen MR) is 428 cm³/mol. The van der Waals surface area contributed by atoms with Crippen LogP contribution in [0.4, 0.5) is 0 Å². The van der Waals surface area contributed by atoms with E-state index in [9.17, 15) is 0 Å². The molecule has 10 rings (SSSR count). The van der Waals surface area contributed by atoms with E-state index >= 15 is 0 Å². The predicted octanol–water partition coefficient (Wildman–Crippen LogP) is 29.6. The van der Waals surface area contributed by atoms with Gasteiger partial charge >= 0.3 is 0 Å². The molecule has 0 saturated heterocycles. The van der Waals surface area contributed by atoms with Gasteiger partial charge in [-0.05, 0) is 293 Å². The van der Waals surface area contributed by atoms with Gasteiger partial charge in [-0.1, -0.05) is 262 Å². The minimum atomic E-state index is 0.194. The Morgan fingerprint density at radius 3 is 0.851 bits per heavy atom. The number of benzene rings is 10. The first-order valence-corrected chi connectivity index (χ1v) is 37.5. The van der Waals surface area contributed by atoms with Gasteiger partial charge in [0, 0.05) is 96.5 Å². The van der Waals surface area contributed by atoms with E-state index in [2.05, 4.69) is 296 Å². The number of hydrogen-bond acceptors (Lipinski definition) is 0. The molecule has 0 aliphatic carbocycles. The summed E-state index contributed by atoms with van der Waals surface area (Å²) in [6.07, 6.45) is 2.29. The third-order valence-electron chi connectivity index (χ3n) is 14.1. The van der Waals surface area contributed by atoms with Gasteiger partial charge in [0.1, 0.15) is 0 Å². The summed E-state index contributed by atoms with van der Waals surface area (Å²) in [5.41, 5.74) is 13.9. The lowest BCUT2D eigenvalue weighted by atomic mass is 9.92. The van der Waals surface area contributed by atoms with Crippen LogP contribution in [0.2, 0.25) is 40.2 Å². The van der Waals surface area contributed by atoms with Gasteiger partial charge in [-0.25, -0.2) is 0 Å². The van der Waals surface area contributed by atoms with Crippen LogP contribution in [-0.2, 0) is 19.3 Å². The Balaban J connectivity index is 0.000000174. The molecule has 452 valence electrons. The van der Waals surface area contributed by atoms with Crippen molar-refractivity contribution in [3.8, 4) is 0 Å². The second-order valence-electron chi connectivity index (χ2n) is 20.1. The van der Waals surface area contributed by atoms with Gasteiger partial charge in [0.05, 0.1) is 0 Å². The molecule has 0 spiro atoms. The highest BCUT2D eigenvalue weighted by atomic mass is 127. The minimum Gasteiger partial charge on any atom is -0.0840 e. The summed E-state index contributed by atoms with van der Waals surface area (Å²) in [5.74, 6) is 0.860. The van der Waals surface area contributed by atoms with Crippen molar-refractivity contribution in [3.63, 3.8) is 0 Å². The van der Waals surface area contributed by atoms with Crippen LogP contribution in [0.25, 0.3) is 0 Å². The molecule has 10 aromatic carbocycles. The summed E-state index contributed by atoms with van der Waals surface area (Å²) in [4.78, 5) is 0. The van der Waals surface area contributed by atoms with E-state index in [1.165, 1.54) is 40.5 Å². The molecular weight excluding hydrogens is 1960 g/mol.